The van der Waals surface area contributed by atoms with Crippen molar-refractivity contribution in [2.24, 2.45) is 0 Å². The van der Waals surface area contributed by atoms with Crippen LogP contribution in [0.15, 0.2) is 193 Å². The first-order valence-corrected chi connectivity index (χ1v) is 19.5. The van der Waals surface area contributed by atoms with Crippen molar-refractivity contribution in [3.8, 4) is 67.3 Å². The van der Waals surface area contributed by atoms with Gasteiger partial charge in [0.2, 0.25) is 0 Å². The summed E-state index contributed by atoms with van der Waals surface area (Å²) < 4.78 is 9.32. The summed E-state index contributed by atoms with van der Waals surface area (Å²) in [5, 5.41) is 4.76. The average Bonchev–Trinajstić information content (AvgIpc) is 3.86. The van der Waals surface area contributed by atoms with E-state index >= 15 is 0 Å². The smallest absolute Gasteiger partial charge is 0.160 e. The van der Waals surface area contributed by atoms with Crippen molar-refractivity contribution in [3.63, 3.8) is 0 Å². The highest BCUT2D eigenvalue weighted by atomic mass is 32.1. The highest BCUT2D eigenvalue weighted by Crippen LogP contribution is 2.46. The summed E-state index contributed by atoms with van der Waals surface area (Å²) in [6.07, 6.45) is 3.65. The third kappa shape index (κ3) is 5.48. The van der Waals surface area contributed by atoms with Gasteiger partial charge < -0.3 is 4.42 Å². The number of rotatable bonds is 6. The number of thiophene rings is 1. The zero-order valence-electron chi connectivity index (χ0n) is 30.1. The van der Waals surface area contributed by atoms with Crippen molar-refractivity contribution >= 4 is 53.4 Å². The second kappa shape index (κ2) is 13.3. The molecule has 0 N–H and O–H groups in total. The Morgan fingerprint density at radius 1 is 0.393 bits per heavy atom. The Balaban J connectivity index is 1.04. The Bertz CT molecular complexity index is 3240. The highest BCUT2D eigenvalue weighted by molar-refractivity contribution is 7.25. The van der Waals surface area contributed by atoms with Crippen molar-refractivity contribution in [2.75, 3.05) is 0 Å². The molecule has 0 aliphatic heterocycles. The van der Waals surface area contributed by atoms with Crippen LogP contribution < -0.4 is 0 Å². The molecule has 0 amide bonds. The first kappa shape index (κ1) is 32.2. The minimum Gasteiger partial charge on any atom is -0.455 e. The Labute approximate surface area is 327 Å². The van der Waals surface area contributed by atoms with Crippen molar-refractivity contribution in [2.45, 2.75) is 0 Å². The summed E-state index contributed by atoms with van der Waals surface area (Å²) in [5.41, 5.74) is 13.2. The minimum atomic E-state index is 0.674. The zero-order chi connectivity index (χ0) is 37.0. The molecule has 0 radical (unpaired) electrons. The predicted octanol–water partition coefficient (Wildman–Crippen LogP) is 14.1. The lowest BCUT2D eigenvalue weighted by Crippen LogP contribution is -1.96. The second-order valence-corrected chi connectivity index (χ2v) is 15.0. The molecule has 0 spiro atoms. The normalized spacial score (nSPS) is 11.6. The molecular formula is C51H31N3OS. The van der Waals surface area contributed by atoms with Crippen LogP contribution in [-0.4, -0.2) is 15.0 Å². The Morgan fingerprint density at radius 2 is 1.05 bits per heavy atom. The molecule has 4 heterocycles. The van der Waals surface area contributed by atoms with E-state index in [9.17, 15) is 0 Å². The van der Waals surface area contributed by atoms with Crippen LogP contribution in [0.5, 0.6) is 0 Å². The fourth-order valence-corrected chi connectivity index (χ4v) is 9.09. The predicted molar refractivity (Wildman–Crippen MR) is 233 cm³/mol. The molecule has 0 aliphatic carbocycles. The topological polar surface area (TPSA) is 51.8 Å². The SMILES string of the molecule is c1ccc(-c2cc(-c3cccc(-c4ccncc4)c3)nc(-c3ccc(-c4ccc(-c5cccc6sc7ccccc7c56)c5oc6ccccc6c45)cc3)n2)cc1. The third-order valence-corrected chi connectivity index (χ3v) is 11.8. The maximum atomic E-state index is 6.76. The van der Waals surface area contributed by atoms with E-state index in [1.807, 2.05) is 60.1 Å². The van der Waals surface area contributed by atoms with Crippen molar-refractivity contribution < 1.29 is 4.42 Å². The van der Waals surface area contributed by atoms with Crippen LogP contribution in [0.25, 0.3) is 109 Å². The van der Waals surface area contributed by atoms with Gasteiger partial charge in [-0.1, -0.05) is 127 Å². The van der Waals surface area contributed by atoms with Gasteiger partial charge in [0.25, 0.3) is 0 Å². The van der Waals surface area contributed by atoms with Gasteiger partial charge >= 0.3 is 0 Å². The molecule has 7 aromatic carbocycles. The monoisotopic (exact) mass is 733 g/mol. The highest BCUT2D eigenvalue weighted by Gasteiger charge is 2.20. The van der Waals surface area contributed by atoms with Crippen LogP contribution in [0.3, 0.4) is 0 Å². The summed E-state index contributed by atoms with van der Waals surface area (Å²) in [6, 6.07) is 61.7. The van der Waals surface area contributed by atoms with Gasteiger partial charge in [-0.25, -0.2) is 9.97 Å². The van der Waals surface area contributed by atoms with Crippen molar-refractivity contribution in [1.29, 1.82) is 0 Å². The second-order valence-electron chi connectivity index (χ2n) is 14.0. The van der Waals surface area contributed by atoms with Crippen molar-refractivity contribution in [3.05, 3.63) is 188 Å². The number of nitrogens with zero attached hydrogens (tertiary/aromatic N) is 3. The molecule has 0 bridgehead atoms. The Morgan fingerprint density at radius 3 is 1.91 bits per heavy atom. The van der Waals surface area contributed by atoms with Gasteiger partial charge in [0.05, 0.1) is 11.4 Å². The lowest BCUT2D eigenvalue weighted by atomic mass is 9.92. The third-order valence-electron chi connectivity index (χ3n) is 10.6. The lowest BCUT2D eigenvalue weighted by molar-refractivity contribution is 0.670. The van der Waals surface area contributed by atoms with E-state index < -0.39 is 0 Å². The lowest BCUT2D eigenvalue weighted by Gasteiger charge is -2.12. The number of hydrogen-bond acceptors (Lipinski definition) is 5. The molecule has 11 rings (SSSR count). The van der Waals surface area contributed by atoms with Gasteiger partial charge in [0, 0.05) is 65.6 Å². The standard InChI is InChI=1S/C51H31N3OS/c1-2-10-34(11-3-1)43-31-44(37-13-8-12-36(30-37)32-26-28-52-29-27-32)54-51(53-43)35-22-20-33(21-23-35)38-24-25-40(50-49(38)41-14-4-6-17-45(41)55-50)39-16-9-19-47-48(39)42-15-5-7-18-46(42)56-47/h1-31H. The van der Waals surface area contributed by atoms with Crippen LogP contribution in [0, 0.1) is 0 Å². The van der Waals surface area contributed by atoms with Crippen LogP contribution in [0.2, 0.25) is 0 Å². The summed E-state index contributed by atoms with van der Waals surface area (Å²) in [5.74, 6) is 0.674. The van der Waals surface area contributed by atoms with E-state index in [0.717, 1.165) is 77.8 Å². The maximum Gasteiger partial charge on any atom is 0.160 e. The van der Waals surface area contributed by atoms with Crippen LogP contribution in [0.4, 0.5) is 0 Å². The average molecular weight is 734 g/mol. The molecule has 0 atom stereocenters. The molecule has 5 heteroatoms. The Kier molecular flexibility index (Phi) is 7.64. The van der Waals surface area contributed by atoms with Gasteiger partial charge in [-0.2, -0.15) is 0 Å². The molecule has 262 valence electrons. The summed E-state index contributed by atoms with van der Waals surface area (Å²) in [4.78, 5) is 14.5. The fraction of sp³-hybridized carbons (Fsp3) is 0. The fourth-order valence-electron chi connectivity index (χ4n) is 7.96. The molecule has 4 nitrogen and oxygen atoms in total. The van der Waals surface area contributed by atoms with E-state index in [4.69, 9.17) is 14.4 Å². The maximum absolute atomic E-state index is 6.76. The molecule has 11 aromatic rings. The van der Waals surface area contributed by atoms with Gasteiger partial charge in [-0.15, -0.1) is 11.3 Å². The molecule has 0 fully saturated rings. The van der Waals surface area contributed by atoms with Gasteiger partial charge in [0.1, 0.15) is 11.2 Å². The first-order valence-electron chi connectivity index (χ1n) is 18.7. The molecule has 0 saturated heterocycles. The van der Waals surface area contributed by atoms with Gasteiger partial charge in [-0.3, -0.25) is 4.98 Å². The molecule has 4 aromatic heterocycles. The number of hydrogen-bond donors (Lipinski definition) is 0. The number of benzene rings is 7. The molecule has 0 saturated carbocycles. The molecule has 0 unspecified atom stereocenters. The first-order chi connectivity index (χ1) is 27.7. The van der Waals surface area contributed by atoms with E-state index in [-0.39, 0.29) is 0 Å². The van der Waals surface area contributed by atoms with Crippen LogP contribution in [-0.2, 0) is 0 Å². The van der Waals surface area contributed by atoms with E-state index in [1.54, 1.807) is 0 Å². The minimum absolute atomic E-state index is 0.674. The van der Waals surface area contributed by atoms with E-state index in [2.05, 4.69) is 145 Å². The molecule has 56 heavy (non-hydrogen) atoms. The Hall–Kier alpha value is -7.21. The van der Waals surface area contributed by atoms with Crippen LogP contribution >= 0.6 is 11.3 Å². The van der Waals surface area contributed by atoms with Gasteiger partial charge in [-0.05, 0) is 76.3 Å². The van der Waals surface area contributed by atoms with Crippen LogP contribution in [0.1, 0.15) is 0 Å². The zero-order valence-corrected chi connectivity index (χ0v) is 30.9. The number of furan rings is 1. The number of para-hydroxylation sites is 1. The number of pyridine rings is 1. The quantitative estimate of drug-likeness (QED) is 0.171. The summed E-state index contributed by atoms with van der Waals surface area (Å²) in [7, 11) is 0. The number of aromatic nitrogens is 3. The van der Waals surface area contributed by atoms with E-state index in [1.165, 1.54) is 25.7 Å². The summed E-state index contributed by atoms with van der Waals surface area (Å²) in [6.45, 7) is 0. The van der Waals surface area contributed by atoms with Gasteiger partial charge in [0.15, 0.2) is 5.82 Å². The summed E-state index contributed by atoms with van der Waals surface area (Å²) >= 11 is 1.84. The van der Waals surface area contributed by atoms with E-state index in [0.29, 0.717) is 5.82 Å². The number of fused-ring (bicyclic) bond motifs is 6. The molecule has 0 aliphatic rings. The largest absolute Gasteiger partial charge is 0.455 e. The van der Waals surface area contributed by atoms with Crippen molar-refractivity contribution in [1.82, 2.24) is 15.0 Å². The molecular weight excluding hydrogens is 703 g/mol.